The monoisotopic (exact) mass is 430 g/mol. The summed E-state index contributed by atoms with van der Waals surface area (Å²) in [5.74, 6) is -1.37. The zero-order chi connectivity index (χ0) is 21.9. The van der Waals surface area contributed by atoms with Crippen molar-refractivity contribution in [1.82, 2.24) is 20.5 Å². The normalized spacial score (nSPS) is 18.9. The van der Waals surface area contributed by atoms with Crippen LogP contribution in [0.4, 0.5) is 4.79 Å². The maximum Gasteiger partial charge on any atom is 0.344 e. The lowest BCUT2D eigenvalue weighted by molar-refractivity contribution is -0.132. The van der Waals surface area contributed by atoms with Gasteiger partial charge in [-0.2, -0.15) is 5.01 Å². The number of sulfonamides is 1. The molecule has 4 amide bonds. The minimum Gasteiger partial charge on any atom is -0.322 e. The van der Waals surface area contributed by atoms with Crippen LogP contribution < -0.4 is 15.5 Å². The molecular formula is C20H22N4O5S. The Morgan fingerprint density at radius 1 is 1.10 bits per heavy atom. The maximum absolute atomic E-state index is 12.8. The van der Waals surface area contributed by atoms with Crippen molar-refractivity contribution in [2.24, 2.45) is 0 Å². The van der Waals surface area contributed by atoms with Crippen LogP contribution in [0.2, 0.25) is 0 Å². The summed E-state index contributed by atoms with van der Waals surface area (Å²) in [5.41, 5.74) is 2.10. The molecule has 1 aliphatic heterocycles. The van der Waals surface area contributed by atoms with Gasteiger partial charge in [0.05, 0.1) is 4.90 Å². The molecule has 0 radical (unpaired) electrons. The Balaban J connectivity index is 1.72. The van der Waals surface area contributed by atoms with Gasteiger partial charge in [-0.15, -0.1) is 0 Å². The predicted octanol–water partition coefficient (Wildman–Crippen LogP) is 1.18. The maximum atomic E-state index is 12.8. The summed E-state index contributed by atoms with van der Waals surface area (Å²) in [6.07, 6.45) is 0.916. The first-order chi connectivity index (χ1) is 14.2. The van der Waals surface area contributed by atoms with Gasteiger partial charge < -0.3 is 5.32 Å². The van der Waals surface area contributed by atoms with E-state index < -0.39 is 33.4 Å². The van der Waals surface area contributed by atoms with Crippen molar-refractivity contribution in [3.05, 3.63) is 65.7 Å². The SMILES string of the molecule is CNS(=O)(=O)c1cccc(C(=O)NN2C(=O)NC(C)(CCc3ccccc3)C2=O)c1. The molecule has 10 heteroatoms. The van der Waals surface area contributed by atoms with Gasteiger partial charge in [0.1, 0.15) is 5.54 Å². The van der Waals surface area contributed by atoms with Crippen LogP contribution >= 0.6 is 0 Å². The van der Waals surface area contributed by atoms with E-state index in [9.17, 15) is 22.8 Å². The van der Waals surface area contributed by atoms with E-state index in [1.165, 1.54) is 25.2 Å². The number of urea groups is 1. The first-order valence-electron chi connectivity index (χ1n) is 9.21. The number of rotatable bonds is 7. The van der Waals surface area contributed by atoms with E-state index in [0.717, 1.165) is 11.6 Å². The second kappa shape index (κ2) is 8.25. The van der Waals surface area contributed by atoms with Crippen molar-refractivity contribution in [2.45, 2.75) is 30.2 Å². The lowest BCUT2D eigenvalue weighted by atomic mass is 9.93. The number of carbonyl (C=O) groups excluding carboxylic acids is 3. The molecule has 9 nitrogen and oxygen atoms in total. The van der Waals surface area contributed by atoms with Gasteiger partial charge >= 0.3 is 6.03 Å². The molecule has 1 fully saturated rings. The van der Waals surface area contributed by atoms with Gasteiger partial charge in [-0.3, -0.25) is 15.0 Å². The summed E-state index contributed by atoms with van der Waals surface area (Å²) in [6, 6.07) is 14.1. The summed E-state index contributed by atoms with van der Waals surface area (Å²) >= 11 is 0. The van der Waals surface area contributed by atoms with Crippen molar-refractivity contribution in [3.8, 4) is 0 Å². The Morgan fingerprint density at radius 2 is 1.80 bits per heavy atom. The third-order valence-electron chi connectivity index (χ3n) is 4.91. The third kappa shape index (κ3) is 4.34. The fourth-order valence-corrected chi connectivity index (χ4v) is 3.86. The van der Waals surface area contributed by atoms with Crippen molar-refractivity contribution < 1.29 is 22.8 Å². The van der Waals surface area contributed by atoms with Gasteiger partial charge in [0.15, 0.2) is 0 Å². The molecule has 158 valence electrons. The number of aryl methyl sites for hydroxylation is 1. The summed E-state index contributed by atoms with van der Waals surface area (Å²) in [4.78, 5) is 37.6. The standard InChI is InChI=1S/C20H22N4O5S/c1-20(12-11-14-7-4-3-5-8-14)18(26)24(19(27)22-20)23-17(25)15-9-6-10-16(13-15)30(28,29)21-2/h3-10,13,21H,11-12H2,1-2H3,(H,22,27)(H,23,25). The molecular weight excluding hydrogens is 408 g/mol. The number of imide groups is 1. The van der Waals surface area contributed by atoms with E-state index >= 15 is 0 Å². The number of nitrogens with zero attached hydrogens (tertiary/aromatic N) is 1. The first kappa shape index (κ1) is 21.5. The van der Waals surface area contributed by atoms with Gasteiger partial charge in [-0.25, -0.2) is 17.9 Å². The fourth-order valence-electron chi connectivity index (χ4n) is 3.08. The van der Waals surface area contributed by atoms with Gasteiger partial charge in [0.2, 0.25) is 10.0 Å². The van der Waals surface area contributed by atoms with Crippen LogP contribution in [0.3, 0.4) is 0 Å². The molecule has 0 aromatic heterocycles. The molecule has 1 atom stereocenters. The van der Waals surface area contributed by atoms with Gasteiger partial charge in [0, 0.05) is 5.56 Å². The molecule has 0 aliphatic carbocycles. The Kier molecular flexibility index (Phi) is 5.90. The average molecular weight is 430 g/mol. The average Bonchev–Trinajstić information content (AvgIpc) is 2.96. The van der Waals surface area contributed by atoms with E-state index in [2.05, 4.69) is 15.5 Å². The highest BCUT2D eigenvalue weighted by Crippen LogP contribution is 2.22. The Labute approximate surface area is 174 Å². The number of carbonyl (C=O) groups is 3. The zero-order valence-electron chi connectivity index (χ0n) is 16.5. The molecule has 1 heterocycles. The highest BCUT2D eigenvalue weighted by atomic mass is 32.2. The van der Waals surface area contributed by atoms with E-state index in [1.54, 1.807) is 6.92 Å². The van der Waals surface area contributed by atoms with Crippen LogP contribution in [0, 0.1) is 0 Å². The number of amides is 4. The van der Waals surface area contributed by atoms with Crippen LogP contribution in [0.15, 0.2) is 59.5 Å². The van der Waals surface area contributed by atoms with Gasteiger partial charge in [-0.1, -0.05) is 36.4 Å². The second-order valence-corrected chi connectivity index (χ2v) is 8.95. The molecule has 1 aliphatic rings. The van der Waals surface area contributed by atoms with Crippen molar-refractivity contribution in [3.63, 3.8) is 0 Å². The fraction of sp³-hybridized carbons (Fsp3) is 0.250. The number of hydrogen-bond acceptors (Lipinski definition) is 5. The first-order valence-corrected chi connectivity index (χ1v) is 10.7. The van der Waals surface area contributed by atoms with Crippen LogP contribution in [0.5, 0.6) is 0 Å². The zero-order valence-corrected chi connectivity index (χ0v) is 17.3. The number of hydrazine groups is 1. The summed E-state index contributed by atoms with van der Waals surface area (Å²) in [6.45, 7) is 1.60. The smallest absolute Gasteiger partial charge is 0.322 e. The molecule has 1 saturated heterocycles. The minimum atomic E-state index is -3.75. The molecule has 1 unspecified atom stereocenters. The predicted molar refractivity (Wildman–Crippen MR) is 109 cm³/mol. The highest BCUT2D eigenvalue weighted by Gasteiger charge is 2.48. The van der Waals surface area contributed by atoms with Crippen LogP contribution in [-0.2, 0) is 21.2 Å². The topological polar surface area (TPSA) is 125 Å². The second-order valence-electron chi connectivity index (χ2n) is 7.06. The van der Waals surface area contributed by atoms with E-state index in [4.69, 9.17) is 0 Å². The number of benzene rings is 2. The lowest BCUT2D eigenvalue weighted by Gasteiger charge is -2.21. The van der Waals surface area contributed by atoms with E-state index in [0.29, 0.717) is 17.9 Å². The van der Waals surface area contributed by atoms with Crippen molar-refractivity contribution in [1.29, 1.82) is 0 Å². The molecule has 0 saturated carbocycles. The van der Waals surface area contributed by atoms with Crippen molar-refractivity contribution >= 4 is 27.9 Å². The van der Waals surface area contributed by atoms with Crippen LogP contribution in [-0.4, -0.2) is 43.9 Å². The summed E-state index contributed by atoms with van der Waals surface area (Å²) in [7, 11) is -2.49. The van der Waals surface area contributed by atoms with Crippen molar-refractivity contribution in [2.75, 3.05) is 7.05 Å². The molecule has 2 aromatic rings. The third-order valence-corrected chi connectivity index (χ3v) is 6.32. The van der Waals surface area contributed by atoms with Gasteiger partial charge in [0.25, 0.3) is 11.8 Å². The largest absolute Gasteiger partial charge is 0.344 e. The molecule has 3 N–H and O–H groups in total. The van der Waals surface area contributed by atoms with E-state index in [1.807, 2.05) is 30.3 Å². The molecule has 3 rings (SSSR count). The lowest BCUT2D eigenvalue weighted by Crippen LogP contribution is -2.49. The molecule has 0 bridgehead atoms. The van der Waals surface area contributed by atoms with Crippen LogP contribution in [0.1, 0.15) is 29.3 Å². The molecule has 30 heavy (non-hydrogen) atoms. The minimum absolute atomic E-state index is 0.00943. The Hall–Kier alpha value is -3.24. The van der Waals surface area contributed by atoms with Gasteiger partial charge in [-0.05, 0) is 50.6 Å². The quantitative estimate of drug-likeness (QED) is 0.569. The number of hydrogen-bond donors (Lipinski definition) is 3. The van der Waals surface area contributed by atoms with Crippen LogP contribution in [0.25, 0.3) is 0 Å². The highest BCUT2D eigenvalue weighted by molar-refractivity contribution is 7.89. The molecule has 0 spiro atoms. The molecule has 2 aromatic carbocycles. The van der Waals surface area contributed by atoms with E-state index in [-0.39, 0.29) is 10.5 Å². The Bertz CT molecular complexity index is 1090. The Morgan fingerprint density at radius 3 is 2.47 bits per heavy atom. The summed E-state index contributed by atoms with van der Waals surface area (Å²) in [5, 5.41) is 3.25. The summed E-state index contributed by atoms with van der Waals surface area (Å²) < 4.78 is 26.0. The number of nitrogens with one attached hydrogen (secondary N) is 3.